The van der Waals surface area contributed by atoms with Gasteiger partial charge in [0.15, 0.2) is 0 Å². The van der Waals surface area contributed by atoms with Gasteiger partial charge in [0.05, 0.1) is 27.1 Å². The van der Waals surface area contributed by atoms with Gasteiger partial charge in [-0.3, -0.25) is 4.79 Å². The van der Waals surface area contributed by atoms with E-state index >= 15 is 0 Å². The maximum atomic E-state index is 12.7. The molecule has 0 aliphatic heterocycles. The van der Waals surface area contributed by atoms with E-state index < -0.39 is 5.76 Å². The van der Waals surface area contributed by atoms with E-state index in [0.29, 0.717) is 29.1 Å². The van der Waals surface area contributed by atoms with E-state index in [9.17, 15) is 13.6 Å². The van der Waals surface area contributed by atoms with Gasteiger partial charge in [-0.05, 0) is 24.3 Å². The lowest BCUT2D eigenvalue weighted by molar-refractivity contribution is -0.113. The van der Waals surface area contributed by atoms with Crippen LogP contribution in [0, 0.1) is 0 Å². The van der Waals surface area contributed by atoms with E-state index in [1.165, 1.54) is 17.8 Å². The fourth-order valence-corrected chi connectivity index (χ4v) is 3.95. The number of anilines is 1. The first-order valence-electron chi connectivity index (χ1n) is 8.13. The minimum Gasteiger partial charge on any atom is -0.444 e. The maximum absolute atomic E-state index is 12.7. The van der Waals surface area contributed by atoms with E-state index in [2.05, 4.69) is 10.3 Å². The molecule has 0 bridgehead atoms. The van der Waals surface area contributed by atoms with Crippen LogP contribution in [0.15, 0.2) is 64.1 Å². The Kier molecular flexibility index (Phi) is 7.36. The second-order valence-corrected chi connectivity index (χ2v) is 7.94. The number of carbonyl (C=O) groups is 1. The number of thioether (sulfide) groups is 2. The van der Waals surface area contributed by atoms with E-state index in [4.69, 9.17) is 16.0 Å². The maximum Gasteiger partial charge on any atom is 0.289 e. The van der Waals surface area contributed by atoms with Crippen LogP contribution in [0.1, 0.15) is 5.69 Å². The summed E-state index contributed by atoms with van der Waals surface area (Å²) in [5.74, 6) is -1.80. The molecule has 0 radical (unpaired) electrons. The van der Waals surface area contributed by atoms with Crippen LogP contribution in [0.4, 0.5) is 14.5 Å². The normalized spacial score (nSPS) is 11.0. The van der Waals surface area contributed by atoms with Gasteiger partial charge in [-0.15, -0.1) is 11.8 Å². The number of amides is 1. The van der Waals surface area contributed by atoms with Gasteiger partial charge in [-0.2, -0.15) is 8.78 Å². The third-order valence-electron chi connectivity index (χ3n) is 3.50. The highest BCUT2D eigenvalue weighted by molar-refractivity contribution is 8.00. The van der Waals surface area contributed by atoms with E-state index in [0.717, 1.165) is 5.56 Å². The first-order chi connectivity index (χ1) is 13.5. The minimum atomic E-state index is -2.63. The average molecular weight is 441 g/mol. The molecule has 1 amide bonds. The number of carbonyl (C=O) groups excluding carboxylic acids is 1. The Balaban J connectivity index is 1.53. The van der Waals surface area contributed by atoms with Crippen LogP contribution >= 0.6 is 35.1 Å². The van der Waals surface area contributed by atoms with Crippen LogP contribution in [0.5, 0.6) is 0 Å². The molecule has 1 aromatic heterocycles. The molecule has 4 nitrogen and oxygen atoms in total. The predicted octanol–water partition coefficient (Wildman–Crippen LogP) is 6.18. The molecule has 146 valence electrons. The summed E-state index contributed by atoms with van der Waals surface area (Å²) >= 11 is 7.61. The molecule has 0 fully saturated rings. The molecule has 0 saturated heterocycles. The number of hydrogen-bond acceptors (Lipinski definition) is 5. The summed E-state index contributed by atoms with van der Waals surface area (Å²) in [4.78, 5) is 16.7. The molecule has 1 N–H and O–H groups in total. The Morgan fingerprint density at radius 3 is 2.71 bits per heavy atom. The lowest BCUT2D eigenvalue weighted by Gasteiger charge is -2.11. The molecule has 28 heavy (non-hydrogen) atoms. The highest BCUT2D eigenvalue weighted by Gasteiger charge is 2.15. The molecule has 3 aromatic rings. The predicted molar refractivity (Wildman–Crippen MR) is 110 cm³/mol. The van der Waals surface area contributed by atoms with Crippen LogP contribution in [-0.2, 0) is 10.5 Å². The molecule has 9 heteroatoms. The van der Waals surface area contributed by atoms with Gasteiger partial charge in [-0.25, -0.2) is 4.98 Å². The average Bonchev–Trinajstić information content (AvgIpc) is 3.14. The summed E-state index contributed by atoms with van der Waals surface area (Å²) in [7, 11) is 0. The van der Waals surface area contributed by atoms with Crippen molar-refractivity contribution in [2.75, 3.05) is 11.1 Å². The number of halogens is 3. The van der Waals surface area contributed by atoms with Crippen molar-refractivity contribution in [2.45, 2.75) is 16.4 Å². The Morgan fingerprint density at radius 1 is 1.18 bits per heavy atom. The van der Waals surface area contributed by atoms with Crippen molar-refractivity contribution in [3.05, 3.63) is 65.5 Å². The monoisotopic (exact) mass is 440 g/mol. The molecule has 0 saturated carbocycles. The molecular formula is C19H15ClF2N2O2S2. The SMILES string of the molecule is O=C(CSCc1coc(-c2ccccc2)n1)Nc1cccc(Cl)c1SC(F)F. The Labute approximate surface area is 174 Å². The van der Waals surface area contributed by atoms with Gasteiger partial charge >= 0.3 is 0 Å². The summed E-state index contributed by atoms with van der Waals surface area (Å²) in [5, 5.41) is 2.80. The van der Waals surface area contributed by atoms with Crippen LogP contribution < -0.4 is 5.32 Å². The number of rotatable bonds is 8. The highest BCUT2D eigenvalue weighted by atomic mass is 35.5. The van der Waals surface area contributed by atoms with Gasteiger partial charge in [0, 0.05) is 11.3 Å². The van der Waals surface area contributed by atoms with Crippen LogP contribution in [0.3, 0.4) is 0 Å². The Morgan fingerprint density at radius 2 is 1.96 bits per heavy atom. The molecule has 0 aliphatic rings. The van der Waals surface area contributed by atoms with E-state index in [-0.39, 0.29) is 27.3 Å². The summed E-state index contributed by atoms with van der Waals surface area (Å²) in [6, 6.07) is 14.2. The lowest BCUT2D eigenvalue weighted by Crippen LogP contribution is -2.15. The molecule has 0 atom stereocenters. The van der Waals surface area contributed by atoms with Crippen molar-refractivity contribution < 1.29 is 18.0 Å². The minimum absolute atomic E-state index is 0.138. The Hall–Kier alpha value is -2.03. The summed E-state index contributed by atoms with van der Waals surface area (Å²) in [6.45, 7) is 0. The zero-order chi connectivity index (χ0) is 19.9. The fraction of sp³-hybridized carbons (Fsp3) is 0.158. The zero-order valence-corrected chi connectivity index (χ0v) is 16.8. The summed E-state index contributed by atoms with van der Waals surface area (Å²) in [6.07, 6.45) is 1.56. The second-order valence-electron chi connectivity index (χ2n) is 5.55. The Bertz CT molecular complexity index is 939. The number of alkyl halides is 2. The van der Waals surface area contributed by atoms with E-state index in [1.807, 2.05) is 30.3 Å². The molecule has 2 aromatic carbocycles. The second kappa shape index (κ2) is 9.95. The van der Waals surface area contributed by atoms with Gasteiger partial charge < -0.3 is 9.73 Å². The van der Waals surface area contributed by atoms with Crippen LogP contribution in [-0.4, -0.2) is 22.4 Å². The van der Waals surface area contributed by atoms with Gasteiger partial charge in [0.25, 0.3) is 5.76 Å². The molecule has 0 spiro atoms. The first-order valence-corrected chi connectivity index (χ1v) is 10.5. The number of hydrogen-bond donors (Lipinski definition) is 1. The number of nitrogens with one attached hydrogen (secondary N) is 1. The van der Waals surface area contributed by atoms with Gasteiger partial charge in [0.1, 0.15) is 6.26 Å². The van der Waals surface area contributed by atoms with Crippen molar-refractivity contribution in [3.63, 3.8) is 0 Å². The number of nitrogens with zero attached hydrogens (tertiary/aromatic N) is 1. The highest BCUT2D eigenvalue weighted by Crippen LogP contribution is 2.37. The van der Waals surface area contributed by atoms with Crippen LogP contribution in [0.25, 0.3) is 11.5 Å². The molecule has 0 aliphatic carbocycles. The largest absolute Gasteiger partial charge is 0.444 e. The molecular weight excluding hydrogens is 426 g/mol. The first kappa shape index (κ1) is 20.7. The van der Waals surface area contributed by atoms with Crippen molar-refractivity contribution in [3.8, 4) is 11.5 Å². The third kappa shape index (κ3) is 5.73. The van der Waals surface area contributed by atoms with Gasteiger partial charge in [0.2, 0.25) is 11.8 Å². The standard InChI is InChI=1S/C19H15ClF2N2O2S2/c20-14-7-4-8-15(17(14)28-19(21)22)24-16(25)11-27-10-13-9-26-18(23-13)12-5-2-1-3-6-12/h1-9,19H,10-11H2,(H,24,25). The lowest BCUT2D eigenvalue weighted by atomic mass is 10.2. The quantitative estimate of drug-likeness (QED) is 0.424. The number of benzene rings is 2. The van der Waals surface area contributed by atoms with Gasteiger partial charge in [-0.1, -0.05) is 47.6 Å². The van der Waals surface area contributed by atoms with Crippen molar-refractivity contribution in [2.24, 2.45) is 0 Å². The van der Waals surface area contributed by atoms with Crippen molar-refractivity contribution >= 4 is 46.7 Å². The smallest absolute Gasteiger partial charge is 0.289 e. The fourth-order valence-electron chi connectivity index (χ4n) is 2.34. The third-order valence-corrected chi connectivity index (χ3v) is 5.75. The molecule has 0 unspecified atom stereocenters. The summed E-state index contributed by atoms with van der Waals surface area (Å²) in [5.41, 5.74) is 1.87. The van der Waals surface area contributed by atoms with E-state index in [1.54, 1.807) is 18.4 Å². The van der Waals surface area contributed by atoms with Crippen LogP contribution in [0.2, 0.25) is 5.02 Å². The summed E-state index contributed by atoms with van der Waals surface area (Å²) < 4.78 is 30.9. The number of oxazole rings is 1. The topological polar surface area (TPSA) is 55.1 Å². The zero-order valence-electron chi connectivity index (χ0n) is 14.4. The van der Waals surface area contributed by atoms with Crippen molar-refractivity contribution in [1.82, 2.24) is 4.98 Å². The van der Waals surface area contributed by atoms with Crippen molar-refractivity contribution in [1.29, 1.82) is 0 Å². The number of aromatic nitrogens is 1. The molecule has 1 heterocycles. The molecule has 3 rings (SSSR count).